The van der Waals surface area contributed by atoms with Crippen molar-refractivity contribution in [3.05, 3.63) is 0 Å². The van der Waals surface area contributed by atoms with Crippen molar-refractivity contribution in [3.63, 3.8) is 0 Å². The molecule has 1 unspecified atom stereocenters. The highest BCUT2D eigenvalue weighted by Gasteiger charge is 2.27. The van der Waals surface area contributed by atoms with Crippen LogP contribution in [-0.4, -0.2) is 6.04 Å². The van der Waals surface area contributed by atoms with Gasteiger partial charge in [0.15, 0.2) is 0 Å². The number of nitrogens with one attached hydrogen (secondary N) is 1. The van der Waals surface area contributed by atoms with Gasteiger partial charge in [0.2, 0.25) is 0 Å². The minimum absolute atomic E-state index is 0.289. The van der Waals surface area contributed by atoms with Gasteiger partial charge in [-0.1, -0.05) is 46.5 Å². The topological polar surface area (TPSA) is 38.0 Å². The predicted molar refractivity (Wildman–Crippen MR) is 57.1 cm³/mol. The Balaban J connectivity index is 2.39. The quantitative estimate of drug-likeness (QED) is 0.522. The van der Waals surface area contributed by atoms with Crippen molar-refractivity contribution in [3.8, 4) is 0 Å². The maximum Gasteiger partial charge on any atom is 0.0261 e. The molecule has 0 bridgehead atoms. The molecule has 2 heteroatoms. The van der Waals surface area contributed by atoms with Gasteiger partial charge in [-0.2, -0.15) is 0 Å². The predicted octanol–water partition coefficient (Wildman–Crippen LogP) is 2.44. The van der Waals surface area contributed by atoms with Crippen molar-refractivity contribution in [2.45, 2.75) is 58.9 Å². The maximum absolute atomic E-state index is 5.59. The standard InChI is InChI=1S/C11H24N2/c1-11(2,3)10(13-12)8-9-6-4-5-7-9/h9-10,13H,4-8,12H2,1-3H3. The van der Waals surface area contributed by atoms with Crippen LogP contribution in [0.25, 0.3) is 0 Å². The Bertz CT molecular complexity index is 143. The lowest BCUT2D eigenvalue weighted by Crippen LogP contribution is -2.45. The van der Waals surface area contributed by atoms with Crippen molar-refractivity contribution in [2.75, 3.05) is 0 Å². The van der Waals surface area contributed by atoms with Crippen molar-refractivity contribution in [2.24, 2.45) is 17.2 Å². The fraction of sp³-hybridized carbons (Fsp3) is 1.00. The average Bonchev–Trinajstić information content (AvgIpc) is 2.49. The summed E-state index contributed by atoms with van der Waals surface area (Å²) in [6, 6.07) is 0.468. The molecule has 0 aromatic rings. The van der Waals surface area contributed by atoms with E-state index in [1.807, 2.05) is 0 Å². The number of nitrogens with two attached hydrogens (primary N) is 1. The smallest absolute Gasteiger partial charge is 0.0261 e. The summed E-state index contributed by atoms with van der Waals surface area (Å²) in [5.41, 5.74) is 3.26. The third-order valence-electron chi connectivity index (χ3n) is 3.29. The summed E-state index contributed by atoms with van der Waals surface area (Å²) in [4.78, 5) is 0. The zero-order valence-electron chi connectivity index (χ0n) is 9.27. The fourth-order valence-electron chi connectivity index (χ4n) is 2.25. The summed E-state index contributed by atoms with van der Waals surface area (Å²) in [6.07, 6.45) is 6.92. The van der Waals surface area contributed by atoms with Crippen LogP contribution in [0.1, 0.15) is 52.9 Å². The first-order valence-corrected chi connectivity index (χ1v) is 5.50. The van der Waals surface area contributed by atoms with Gasteiger partial charge in [0.1, 0.15) is 0 Å². The highest BCUT2D eigenvalue weighted by Crippen LogP contribution is 2.32. The lowest BCUT2D eigenvalue weighted by molar-refractivity contribution is 0.227. The third kappa shape index (κ3) is 3.28. The van der Waals surface area contributed by atoms with Gasteiger partial charge in [-0.25, -0.2) is 0 Å². The molecule has 1 atom stereocenters. The molecule has 1 fully saturated rings. The van der Waals surface area contributed by atoms with Gasteiger partial charge >= 0.3 is 0 Å². The number of rotatable bonds is 3. The second kappa shape index (κ2) is 4.43. The lowest BCUT2D eigenvalue weighted by Gasteiger charge is -2.32. The monoisotopic (exact) mass is 184 g/mol. The van der Waals surface area contributed by atoms with Crippen LogP contribution in [0.5, 0.6) is 0 Å². The minimum atomic E-state index is 0.289. The van der Waals surface area contributed by atoms with E-state index in [1.165, 1.54) is 32.1 Å². The fourth-order valence-corrected chi connectivity index (χ4v) is 2.25. The summed E-state index contributed by atoms with van der Waals surface area (Å²) < 4.78 is 0. The van der Waals surface area contributed by atoms with Crippen LogP contribution in [0.15, 0.2) is 0 Å². The first kappa shape index (κ1) is 11.0. The van der Waals surface area contributed by atoms with Crippen molar-refractivity contribution in [1.29, 1.82) is 0 Å². The van der Waals surface area contributed by atoms with E-state index < -0.39 is 0 Å². The van der Waals surface area contributed by atoms with Gasteiger partial charge in [0.25, 0.3) is 0 Å². The Morgan fingerprint density at radius 1 is 1.31 bits per heavy atom. The highest BCUT2D eigenvalue weighted by atomic mass is 15.2. The second-order valence-electron chi connectivity index (χ2n) is 5.47. The number of hydrogen-bond acceptors (Lipinski definition) is 2. The van der Waals surface area contributed by atoms with Crippen LogP contribution in [0.4, 0.5) is 0 Å². The van der Waals surface area contributed by atoms with E-state index in [9.17, 15) is 0 Å². The second-order valence-corrected chi connectivity index (χ2v) is 5.47. The van der Waals surface area contributed by atoms with Gasteiger partial charge < -0.3 is 0 Å². The zero-order chi connectivity index (χ0) is 9.90. The molecular weight excluding hydrogens is 160 g/mol. The van der Waals surface area contributed by atoms with E-state index in [0.717, 1.165) is 5.92 Å². The van der Waals surface area contributed by atoms with E-state index >= 15 is 0 Å². The molecule has 0 aromatic heterocycles. The van der Waals surface area contributed by atoms with Crippen LogP contribution in [0.2, 0.25) is 0 Å². The normalized spacial score (nSPS) is 22.2. The van der Waals surface area contributed by atoms with E-state index in [-0.39, 0.29) is 5.41 Å². The Hall–Kier alpha value is -0.0800. The first-order valence-electron chi connectivity index (χ1n) is 5.50. The van der Waals surface area contributed by atoms with Crippen molar-refractivity contribution < 1.29 is 0 Å². The first-order chi connectivity index (χ1) is 6.04. The molecule has 13 heavy (non-hydrogen) atoms. The molecule has 1 aliphatic carbocycles. The summed E-state index contributed by atoms with van der Waals surface area (Å²) >= 11 is 0. The highest BCUT2D eigenvalue weighted by molar-refractivity contribution is 4.82. The van der Waals surface area contributed by atoms with Crippen LogP contribution in [-0.2, 0) is 0 Å². The van der Waals surface area contributed by atoms with Crippen molar-refractivity contribution in [1.82, 2.24) is 5.43 Å². The Kier molecular flexibility index (Phi) is 3.74. The van der Waals surface area contributed by atoms with Crippen LogP contribution >= 0.6 is 0 Å². The molecule has 0 heterocycles. The minimum Gasteiger partial charge on any atom is -0.271 e. The van der Waals surface area contributed by atoms with Gasteiger partial charge in [0.05, 0.1) is 0 Å². The SMILES string of the molecule is CC(C)(C)C(CC1CCCC1)NN. The summed E-state index contributed by atoms with van der Waals surface area (Å²) in [5, 5.41) is 0. The molecule has 1 saturated carbocycles. The van der Waals surface area contributed by atoms with Gasteiger partial charge in [0, 0.05) is 6.04 Å². The molecule has 78 valence electrons. The molecule has 2 nitrogen and oxygen atoms in total. The van der Waals surface area contributed by atoms with Gasteiger partial charge in [-0.15, -0.1) is 0 Å². The molecule has 0 amide bonds. The zero-order valence-corrected chi connectivity index (χ0v) is 9.27. The largest absolute Gasteiger partial charge is 0.271 e. The van der Waals surface area contributed by atoms with Crippen LogP contribution in [0.3, 0.4) is 0 Å². The van der Waals surface area contributed by atoms with Crippen molar-refractivity contribution >= 4 is 0 Å². The molecule has 0 spiro atoms. The Morgan fingerprint density at radius 2 is 1.85 bits per heavy atom. The van der Waals surface area contributed by atoms with Gasteiger partial charge in [-0.3, -0.25) is 11.3 Å². The molecule has 1 rings (SSSR count). The molecular formula is C11H24N2. The van der Waals surface area contributed by atoms with E-state index in [0.29, 0.717) is 6.04 Å². The average molecular weight is 184 g/mol. The van der Waals surface area contributed by atoms with E-state index in [2.05, 4.69) is 26.2 Å². The summed E-state index contributed by atoms with van der Waals surface area (Å²) in [5.74, 6) is 6.50. The van der Waals surface area contributed by atoms with Gasteiger partial charge in [-0.05, 0) is 17.8 Å². The molecule has 0 radical (unpaired) electrons. The Labute approximate surface area is 82.2 Å². The van der Waals surface area contributed by atoms with Crippen LogP contribution in [0, 0.1) is 11.3 Å². The van der Waals surface area contributed by atoms with Crippen LogP contribution < -0.4 is 11.3 Å². The van der Waals surface area contributed by atoms with E-state index in [4.69, 9.17) is 5.84 Å². The number of hydrazine groups is 1. The summed E-state index contributed by atoms with van der Waals surface area (Å²) in [7, 11) is 0. The molecule has 1 aliphatic rings. The molecule has 0 aliphatic heterocycles. The van der Waals surface area contributed by atoms with E-state index in [1.54, 1.807) is 0 Å². The summed E-state index contributed by atoms with van der Waals surface area (Å²) in [6.45, 7) is 6.77. The third-order valence-corrected chi connectivity index (χ3v) is 3.29. The molecule has 3 N–H and O–H groups in total. The Morgan fingerprint density at radius 3 is 2.23 bits per heavy atom. The molecule has 0 saturated heterocycles. The lowest BCUT2D eigenvalue weighted by atomic mass is 9.81. The molecule has 0 aromatic carbocycles. The number of hydrogen-bond donors (Lipinski definition) is 2. The maximum atomic E-state index is 5.59.